The maximum absolute atomic E-state index is 11.0. The van der Waals surface area contributed by atoms with Crippen LogP contribution in [-0.2, 0) is 0 Å². The van der Waals surface area contributed by atoms with Gasteiger partial charge in [-0.1, -0.05) is 13.8 Å². The summed E-state index contributed by atoms with van der Waals surface area (Å²) in [6.45, 7) is 5.04. The highest BCUT2D eigenvalue weighted by molar-refractivity contribution is 6.07. The van der Waals surface area contributed by atoms with Gasteiger partial charge in [0.05, 0.1) is 32.0 Å². The second-order valence-corrected chi connectivity index (χ2v) is 7.70. The number of nitrogens with zero attached hydrogens (tertiary/aromatic N) is 3. The number of fused-ring (bicyclic) bond motifs is 1. The summed E-state index contributed by atoms with van der Waals surface area (Å²) in [4.78, 5) is 15.7. The molecule has 0 spiro atoms. The van der Waals surface area contributed by atoms with E-state index in [0.717, 1.165) is 34.3 Å². The number of rotatable bonds is 5. The number of pyridine rings is 1. The molecule has 1 aromatic heterocycles. The Morgan fingerprint density at radius 1 is 1.00 bits per heavy atom. The van der Waals surface area contributed by atoms with Gasteiger partial charge in [0.25, 0.3) is 0 Å². The van der Waals surface area contributed by atoms with Crippen LogP contribution in [0.2, 0.25) is 0 Å². The second-order valence-electron chi connectivity index (χ2n) is 7.70. The van der Waals surface area contributed by atoms with E-state index in [-0.39, 0.29) is 5.41 Å². The van der Waals surface area contributed by atoms with Gasteiger partial charge in [0, 0.05) is 21.9 Å². The molecule has 0 unspecified atom stereocenters. The molecule has 3 aromatic rings. The van der Waals surface area contributed by atoms with Crippen molar-refractivity contribution in [1.29, 1.82) is 0 Å². The zero-order valence-electron chi connectivity index (χ0n) is 17.0. The molecule has 0 N–H and O–H groups in total. The molecule has 148 valence electrons. The van der Waals surface area contributed by atoms with E-state index in [1.54, 1.807) is 20.3 Å². The first-order valence-corrected chi connectivity index (χ1v) is 9.40. The molecule has 0 atom stereocenters. The minimum atomic E-state index is -0.169. The van der Waals surface area contributed by atoms with Crippen LogP contribution in [0.25, 0.3) is 10.9 Å². The number of hydrogen-bond donors (Lipinski definition) is 0. The number of benzene rings is 2. The van der Waals surface area contributed by atoms with Crippen molar-refractivity contribution in [3.63, 3.8) is 0 Å². The predicted molar refractivity (Wildman–Crippen MR) is 114 cm³/mol. The van der Waals surface area contributed by atoms with Crippen molar-refractivity contribution < 1.29 is 14.3 Å². The molecule has 1 aliphatic heterocycles. The number of aldehydes is 1. The molecule has 0 amide bonds. The molecule has 4 rings (SSSR count). The summed E-state index contributed by atoms with van der Waals surface area (Å²) in [5.41, 5.74) is 3.27. The molecule has 0 saturated heterocycles. The van der Waals surface area contributed by atoms with Crippen LogP contribution >= 0.6 is 0 Å². The molecular weight excluding hydrogens is 366 g/mol. The smallest absolute Gasteiger partial charge is 0.161 e. The van der Waals surface area contributed by atoms with E-state index in [0.29, 0.717) is 23.6 Å². The Kier molecular flexibility index (Phi) is 4.70. The molecule has 0 radical (unpaired) electrons. The van der Waals surface area contributed by atoms with Gasteiger partial charge in [0.1, 0.15) is 12.1 Å². The Hall–Kier alpha value is -3.41. The lowest BCUT2D eigenvalue weighted by Gasteiger charge is -2.21. The van der Waals surface area contributed by atoms with Crippen LogP contribution in [-0.4, -0.2) is 37.7 Å². The van der Waals surface area contributed by atoms with E-state index in [4.69, 9.17) is 19.6 Å². The fourth-order valence-corrected chi connectivity index (χ4v) is 3.66. The first-order chi connectivity index (χ1) is 13.9. The van der Waals surface area contributed by atoms with Crippen LogP contribution in [0.5, 0.6) is 11.5 Å². The monoisotopic (exact) mass is 389 g/mol. The van der Waals surface area contributed by atoms with Gasteiger partial charge in [-0.05, 0) is 48.5 Å². The van der Waals surface area contributed by atoms with Gasteiger partial charge >= 0.3 is 0 Å². The number of aromatic nitrogens is 1. The van der Waals surface area contributed by atoms with Crippen molar-refractivity contribution in [2.45, 2.75) is 13.8 Å². The van der Waals surface area contributed by atoms with Gasteiger partial charge in [-0.2, -0.15) is 5.10 Å². The summed E-state index contributed by atoms with van der Waals surface area (Å²) < 4.78 is 10.8. The number of ether oxygens (including phenoxy) is 2. The lowest BCUT2D eigenvalue weighted by Crippen LogP contribution is -2.28. The first-order valence-electron chi connectivity index (χ1n) is 9.40. The topological polar surface area (TPSA) is 64.0 Å². The van der Waals surface area contributed by atoms with Gasteiger partial charge in [-0.3, -0.25) is 4.79 Å². The summed E-state index contributed by atoms with van der Waals surface area (Å²) in [6, 6.07) is 15.2. The molecule has 1 aliphatic rings. The highest BCUT2D eigenvalue weighted by Crippen LogP contribution is 2.36. The number of carbonyl (C=O) groups is 1. The molecule has 0 bridgehead atoms. The highest BCUT2D eigenvalue weighted by Gasteiger charge is 2.36. The highest BCUT2D eigenvalue weighted by atomic mass is 16.5. The Labute approximate surface area is 169 Å². The third-order valence-electron chi connectivity index (χ3n) is 5.16. The Morgan fingerprint density at radius 3 is 2.52 bits per heavy atom. The lowest BCUT2D eigenvalue weighted by atomic mass is 9.84. The molecule has 2 aromatic carbocycles. The van der Waals surface area contributed by atoms with Gasteiger partial charge < -0.3 is 9.47 Å². The van der Waals surface area contributed by atoms with E-state index in [1.807, 2.05) is 47.5 Å². The summed E-state index contributed by atoms with van der Waals surface area (Å²) in [6.07, 6.45) is 0.843. The largest absolute Gasteiger partial charge is 0.493 e. The molecule has 0 aliphatic carbocycles. The van der Waals surface area contributed by atoms with Crippen LogP contribution in [0.3, 0.4) is 0 Å². The molecule has 0 saturated carbocycles. The van der Waals surface area contributed by atoms with E-state index in [2.05, 4.69) is 13.8 Å². The molecule has 6 nitrogen and oxygen atoms in total. The Morgan fingerprint density at radius 2 is 1.79 bits per heavy atom. The maximum atomic E-state index is 11.0. The molecular formula is C23H23N3O3. The fourth-order valence-electron chi connectivity index (χ4n) is 3.66. The zero-order chi connectivity index (χ0) is 20.6. The number of methoxy groups -OCH3 is 2. The van der Waals surface area contributed by atoms with Crippen molar-refractivity contribution in [1.82, 2.24) is 4.98 Å². The van der Waals surface area contributed by atoms with Crippen LogP contribution < -0.4 is 14.5 Å². The van der Waals surface area contributed by atoms with Crippen molar-refractivity contribution in [2.24, 2.45) is 10.5 Å². The molecule has 0 fully saturated rings. The minimum absolute atomic E-state index is 0.169. The van der Waals surface area contributed by atoms with E-state index in [1.165, 1.54) is 0 Å². The van der Waals surface area contributed by atoms with Crippen molar-refractivity contribution >= 4 is 28.7 Å². The number of anilines is 1. The number of carbonyl (C=O) groups excluding carboxylic acids is 1. The molecule has 29 heavy (non-hydrogen) atoms. The maximum Gasteiger partial charge on any atom is 0.161 e. The van der Waals surface area contributed by atoms with E-state index >= 15 is 0 Å². The quantitative estimate of drug-likeness (QED) is 0.608. The van der Waals surface area contributed by atoms with Crippen LogP contribution in [0.4, 0.5) is 5.82 Å². The summed E-state index contributed by atoms with van der Waals surface area (Å²) in [5, 5.41) is 7.75. The third-order valence-corrected chi connectivity index (χ3v) is 5.16. The number of hydrazone groups is 1. The van der Waals surface area contributed by atoms with E-state index in [9.17, 15) is 4.79 Å². The first kappa shape index (κ1) is 18.9. The Balaban J connectivity index is 1.72. The fraction of sp³-hybridized carbons (Fsp3) is 0.261. The van der Waals surface area contributed by atoms with Gasteiger partial charge in [-0.25, -0.2) is 9.99 Å². The van der Waals surface area contributed by atoms with Crippen LogP contribution in [0, 0.1) is 5.41 Å². The zero-order valence-corrected chi connectivity index (χ0v) is 17.0. The molecule has 6 heteroatoms. The van der Waals surface area contributed by atoms with Crippen molar-refractivity contribution in [3.05, 3.63) is 59.7 Å². The Bertz CT molecular complexity index is 1120. The van der Waals surface area contributed by atoms with Gasteiger partial charge in [0.15, 0.2) is 11.5 Å². The van der Waals surface area contributed by atoms with Gasteiger partial charge in [-0.15, -0.1) is 0 Å². The van der Waals surface area contributed by atoms with Crippen molar-refractivity contribution in [3.8, 4) is 11.5 Å². The van der Waals surface area contributed by atoms with Crippen LogP contribution in [0.15, 0.2) is 53.6 Å². The van der Waals surface area contributed by atoms with Crippen molar-refractivity contribution in [2.75, 3.05) is 25.8 Å². The summed E-state index contributed by atoms with van der Waals surface area (Å²) >= 11 is 0. The van der Waals surface area contributed by atoms with E-state index < -0.39 is 0 Å². The number of hydrogen-bond acceptors (Lipinski definition) is 6. The second kappa shape index (κ2) is 7.20. The van der Waals surface area contributed by atoms with Crippen LogP contribution in [0.1, 0.15) is 29.8 Å². The summed E-state index contributed by atoms with van der Waals surface area (Å²) in [7, 11) is 3.25. The third kappa shape index (κ3) is 3.42. The lowest BCUT2D eigenvalue weighted by molar-refractivity contribution is 0.112. The normalized spacial score (nSPS) is 15.3. The van der Waals surface area contributed by atoms with Gasteiger partial charge in [0.2, 0.25) is 0 Å². The molecule has 2 heterocycles. The average Bonchev–Trinajstić information content (AvgIpc) is 3.07. The standard InChI is InChI=1S/C23H23N3O3/c1-23(2)14-26(21-10-7-16-11-15(13-27)5-8-18(16)24-21)25-22(23)17-6-9-19(28-3)20(12-17)29-4/h5-13H,14H2,1-4H3. The SMILES string of the molecule is COc1ccc(C2=NN(c3ccc4cc(C=O)ccc4n3)CC2(C)C)cc1OC. The predicted octanol–water partition coefficient (Wildman–Crippen LogP) is 4.32. The average molecular weight is 389 g/mol. The summed E-state index contributed by atoms with van der Waals surface area (Å²) in [5.74, 6) is 2.15. The minimum Gasteiger partial charge on any atom is -0.493 e.